The molecule has 0 amide bonds. The van der Waals surface area contributed by atoms with Gasteiger partial charge in [-0.05, 0) is 57.5 Å². The fraction of sp³-hybridized carbons (Fsp3) is 0.429. The molecule has 1 aliphatic heterocycles. The summed E-state index contributed by atoms with van der Waals surface area (Å²) in [5.74, 6) is 1.08. The van der Waals surface area contributed by atoms with Gasteiger partial charge in [0.15, 0.2) is 0 Å². The predicted molar refractivity (Wildman–Crippen MR) is 98.2 cm³/mol. The molecule has 122 valence electrons. The van der Waals surface area contributed by atoms with Crippen LogP contribution in [0.2, 0.25) is 0 Å². The quantitative estimate of drug-likeness (QED) is 0.740. The van der Waals surface area contributed by atoms with Crippen molar-refractivity contribution >= 4 is 11.4 Å². The first-order valence-corrected chi connectivity index (χ1v) is 8.43. The standard InChI is InChI=1S/C21H27NO/c1-14(2)22(17-9-7-15(3)8-10-17)18-11-16(4)20-19(12-18)21(5,6)13-23-20/h7-12,14H,13H2,1-6H3. The van der Waals surface area contributed by atoms with Gasteiger partial charge >= 0.3 is 0 Å². The van der Waals surface area contributed by atoms with E-state index in [0.29, 0.717) is 6.04 Å². The molecule has 2 aromatic rings. The van der Waals surface area contributed by atoms with E-state index < -0.39 is 0 Å². The predicted octanol–water partition coefficient (Wildman–Crippen LogP) is 5.52. The van der Waals surface area contributed by atoms with Crippen molar-refractivity contribution in [2.45, 2.75) is 53.0 Å². The van der Waals surface area contributed by atoms with E-state index in [-0.39, 0.29) is 5.41 Å². The molecule has 0 bridgehead atoms. The van der Waals surface area contributed by atoms with E-state index in [1.807, 2.05) is 0 Å². The maximum Gasteiger partial charge on any atom is 0.126 e. The van der Waals surface area contributed by atoms with Crippen LogP contribution in [0.15, 0.2) is 36.4 Å². The second-order valence-corrected chi connectivity index (χ2v) is 7.61. The Kier molecular flexibility index (Phi) is 3.87. The number of aryl methyl sites for hydroxylation is 2. The smallest absolute Gasteiger partial charge is 0.126 e. The van der Waals surface area contributed by atoms with Crippen molar-refractivity contribution in [3.8, 4) is 5.75 Å². The largest absolute Gasteiger partial charge is 0.492 e. The van der Waals surface area contributed by atoms with Crippen LogP contribution in [0.1, 0.15) is 44.4 Å². The number of nitrogens with zero attached hydrogens (tertiary/aromatic N) is 1. The normalized spacial score (nSPS) is 15.4. The highest BCUT2D eigenvalue weighted by molar-refractivity contribution is 5.69. The van der Waals surface area contributed by atoms with Crippen LogP contribution in [-0.2, 0) is 5.41 Å². The average Bonchev–Trinajstić information content (AvgIpc) is 2.77. The molecular formula is C21H27NO. The molecule has 0 fully saturated rings. The first kappa shape index (κ1) is 15.9. The third-order valence-corrected chi connectivity index (χ3v) is 4.67. The number of fused-ring (bicyclic) bond motifs is 1. The fourth-order valence-corrected chi connectivity index (χ4v) is 3.37. The minimum absolute atomic E-state index is 0.0754. The van der Waals surface area contributed by atoms with E-state index >= 15 is 0 Å². The topological polar surface area (TPSA) is 12.5 Å². The molecule has 0 N–H and O–H groups in total. The number of rotatable bonds is 3. The van der Waals surface area contributed by atoms with Crippen molar-refractivity contribution in [2.75, 3.05) is 11.5 Å². The lowest BCUT2D eigenvalue weighted by Crippen LogP contribution is -2.26. The van der Waals surface area contributed by atoms with Crippen molar-refractivity contribution in [1.82, 2.24) is 0 Å². The summed E-state index contributed by atoms with van der Waals surface area (Å²) in [6, 6.07) is 13.7. The molecule has 0 saturated carbocycles. The average molecular weight is 309 g/mol. The second kappa shape index (κ2) is 5.59. The number of ether oxygens (including phenoxy) is 1. The highest BCUT2D eigenvalue weighted by atomic mass is 16.5. The summed E-state index contributed by atoms with van der Waals surface area (Å²) in [6.45, 7) is 14.0. The molecule has 0 radical (unpaired) electrons. The molecule has 0 spiro atoms. The molecule has 0 saturated heterocycles. The minimum Gasteiger partial charge on any atom is -0.492 e. The van der Waals surface area contributed by atoms with E-state index in [9.17, 15) is 0 Å². The Morgan fingerprint density at radius 2 is 1.65 bits per heavy atom. The number of benzene rings is 2. The van der Waals surface area contributed by atoms with E-state index in [2.05, 4.69) is 82.8 Å². The Hall–Kier alpha value is -1.96. The van der Waals surface area contributed by atoms with E-state index in [1.54, 1.807) is 0 Å². The van der Waals surface area contributed by atoms with E-state index in [0.717, 1.165) is 12.4 Å². The summed E-state index contributed by atoms with van der Waals surface area (Å²) >= 11 is 0. The van der Waals surface area contributed by atoms with Gasteiger partial charge in [-0.1, -0.05) is 31.5 Å². The zero-order valence-electron chi connectivity index (χ0n) is 15.1. The maximum atomic E-state index is 5.94. The van der Waals surface area contributed by atoms with Crippen LogP contribution in [-0.4, -0.2) is 12.6 Å². The number of hydrogen-bond acceptors (Lipinski definition) is 2. The highest BCUT2D eigenvalue weighted by Crippen LogP contribution is 2.44. The Balaban J connectivity index is 2.11. The van der Waals surface area contributed by atoms with Crippen LogP contribution in [0.25, 0.3) is 0 Å². The summed E-state index contributed by atoms with van der Waals surface area (Å²) in [5.41, 5.74) is 6.40. The maximum absolute atomic E-state index is 5.94. The SMILES string of the molecule is Cc1ccc(N(c2cc(C)c3c(c2)C(C)(C)CO3)C(C)C)cc1. The summed E-state index contributed by atoms with van der Waals surface area (Å²) in [7, 11) is 0. The van der Waals surface area contributed by atoms with Gasteiger partial charge < -0.3 is 9.64 Å². The van der Waals surface area contributed by atoms with Crippen LogP contribution >= 0.6 is 0 Å². The fourth-order valence-electron chi connectivity index (χ4n) is 3.37. The summed E-state index contributed by atoms with van der Waals surface area (Å²) in [5, 5.41) is 0. The van der Waals surface area contributed by atoms with Crippen molar-refractivity contribution < 1.29 is 4.74 Å². The molecule has 1 heterocycles. The molecule has 0 unspecified atom stereocenters. The number of anilines is 2. The third-order valence-electron chi connectivity index (χ3n) is 4.67. The number of hydrogen-bond donors (Lipinski definition) is 0. The van der Waals surface area contributed by atoms with Crippen molar-refractivity contribution in [2.24, 2.45) is 0 Å². The summed E-state index contributed by atoms with van der Waals surface area (Å²) in [4.78, 5) is 2.40. The molecule has 23 heavy (non-hydrogen) atoms. The molecule has 2 nitrogen and oxygen atoms in total. The molecular weight excluding hydrogens is 282 g/mol. The van der Waals surface area contributed by atoms with Gasteiger partial charge in [-0.15, -0.1) is 0 Å². The minimum atomic E-state index is 0.0754. The molecule has 1 aliphatic rings. The van der Waals surface area contributed by atoms with Gasteiger partial charge in [-0.2, -0.15) is 0 Å². The molecule has 0 atom stereocenters. The first-order chi connectivity index (χ1) is 10.8. The van der Waals surface area contributed by atoms with Gasteiger partial charge in [-0.3, -0.25) is 0 Å². The Bertz CT molecular complexity index is 713. The van der Waals surface area contributed by atoms with Crippen molar-refractivity contribution in [3.05, 3.63) is 53.1 Å². The van der Waals surface area contributed by atoms with Crippen molar-refractivity contribution in [3.63, 3.8) is 0 Å². The van der Waals surface area contributed by atoms with Gasteiger partial charge in [0.05, 0.1) is 6.61 Å². The molecule has 3 rings (SSSR count). The zero-order valence-corrected chi connectivity index (χ0v) is 15.1. The lowest BCUT2D eigenvalue weighted by atomic mass is 9.85. The lowest BCUT2D eigenvalue weighted by molar-refractivity contribution is 0.290. The van der Waals surface area contributed by atoms with Gasteiger partial charge in [-0.25, -0.2) is 0 Å². The van der Waals surface area contributed by atoms with Crippen LogP contribution < -0.4 is 9.64 Å². The Morgan fingerprint density at radius 3 is 2.26 bits per heavy atom. The highest BCUT2D eigenvalue weighted by Gasteiger charge is 2.34. The zero-order chi connectivity index (χ0) is 16.8. The third kappa shape index (κ3) is 2.83. The summed E-state index contributed by atoms with van der Waals surface area (Å²) in [6.07, 6.45) is 0. The van der Waals surface area contributed by atoms with E-state index in [4.69, 9.17) is 4.74 Å². The van der Waals surface area contributed by atoms with Crippen LogP contribution in [0, 0.1) is 13.8 Å². The van der Waals surface area contributed by atoms with Gasteiger partial charge in [0, 0.05) is 28.4 Å². The summed E-state index contributed by atoms with van der Waals surface area (Å²) < 4.78 is 5.94. The Labute approximate surface area is 140 Å². The molecule has 2 aromatic carbocycles. The van der Waals surface area contributed by atoms with Gasteiger partial charge in [0.1, 0.15) is 5.75 Å². The van der Waals surface area contributed by atoms with Crippen molar-refractivity contribution in [1.29, 1.82) is 0 Å². The second-order valence-electron chi connectivity index (χ2n) is 7.61. The lowest BCUT2D eigenvalue weighted by Gasteiger charge is -2.31. The monoisotopic (exact) mass is 309 g/mol. The van der Waals surface area contributed by atoms with Crippen LogP contribution in [0.3, 0.4) is 0 Å². The molecule has 2 heteroatoms. The molecule has 0 aliphatic carbocycles. The van der Waals surface area contributed by atoms with E-state index in [1.165, 1.54) is 28.1 Å². The first-order valence-electron chi connectivity index (χ1n) is 8.43. The van der Waals surface area contributed by atoms with Crippen LogP contribution in [0.4, 0.5) is 11.4 Å². The van der Waals surface area contributed by atoms with Gasteiger partial charge in [0.25, 0.3) is 0 Å². The molecule has 0 aromatic heterocycles. The van der Waals surface area contributed by atoms with Crippen LogP contribution in [0.5, 0.6) is 5.75 Å². The van der Waals surface area contributed by atoms with Gasteiger partial charge in [0.2, 0.25) is 0 Å². The Morgan fingerprint density at radius 1 is 1.00 bits per heavy atom.